The van der Waals surface area contributed by atoms with Gasteiger partial charge in [-0.15, -0.1) is 11.3 Å². The van der Waals surface area contributed by atoms with Crippen LogP contribution in [0.4, 0.5) is 16.2 Å². The zero-order chi connectivity index (χ0) is 22.9. The van der Waals surface area contributed by atoms with E-state index in [0.29, 0.717) is 36.0 Å². The average Bonchev–Trinajstić information content (AvgIpc) is 3.47. The van der Waals surface area contributed by atoms with Crippen LogP contribution in [-0.2, 0) is 13.1 Å². The highest BCUT2D eigenvalue weighted by Crippen LogP contribution is 2.26. The van der Waals surface area contributed by atoms with E-state index in [1.165, 1.54) is 11.3 Å². The lowest BCUT2D eigenvalue weighted by atomic mass is 10.1. The molecule has 1 aromatic carbocycles. The number of hydrogen-bond acceptors (Lipinski definition) is 5. The van der Waals surface area contributed by atoms with Crippen molar-refractivity contribution >= 4 is 34.6 Å². The van der Waals surface area contributed by atoms with Gasteiger partial charge in [-0.2, -0.15) is 0 Å². The number of rotatable bonds is 10. The fraction of sp³-hybridized carbons (Fsp3) is 0.333. The highest BCUT2D eigenvalue weighted by molar-refractivity contribution is 7.12. The number of urea groups is 1. The van der Waals surface area contributed by atoms with Crippen LogP contribution >= 0.6 is 11.3 Å². The van der Waals surface area contributed by atoms with E-state index >= 15 is 0 Å². The molecular formula is C24H30N4O3S. The Labute approximate surface area is 193 Å². The highest BCUT2D eigenvalue weighted by atomic mass is 32.1. The maximum absolute atomic E-state index is 13.2. The summed E-state index contributed by atoms with van der Waals surface area (Å²) in [6.45, 7) is 3.44. The van der Waals surface area contributed by atoms with Crippen molar-refractivity contribution in [1.29, 1.82) is 0 Å². The lowest BCUT2D eigenvalue weighted by Gasteiger charge is -2.25. The van der Waals surface area contributed by atoms with E-state index in [2.05, 4.69) is 17.6 Å². The summed E-state index contributed by atoms with van der Waals surface area (Å²) in [7, 11) is 3.92. The molecule has 0 unspecified atom stereocenters. The number of carbonyl (C=O) groups is 2. The van der Waals surface area contributed by atoms with E-state index in [0.717, 1.165) is 24.1 Å². The number of nitrogens with one attached hydrogen (secondary N) is 2. The zero-order valence-electron chi connectivity index (χ0n) is 18.8. The summed E-state index contributed by atoms with van der Waals surface area (Å²) >= 11 is 1.42. The van der Waals surface area contributed by atoms with Gasteiger partial charge >= 0.3 is 6.03 Å². The monoisotopic (exact) mass is 454 g/mol. The van der Waals surface area contributed by atoms with Crippen molar-refractivity contribution in [2.45, 2.75) is 32.9 Å². The molecule has 170 valence electrons. The van der Waals surface area contributed by atoms with Gasteiger partial charge in [-0.1, -0.05) is 19.4 Å². The summed E-state index contributed by atoms with van der Waals surface area (Å²) in [4.78, 5) is 29.9. The molecule has 0 radical (unpaired) electrons. The van der Waals surface area contributed by atoms with Crippen molar-refractivity contribution in [2.75, 3.05) is 30.9 Å². The Morgan fingerprint density at radius 3 is 2.59 bits per heavy atom. The number of unbranched alkanes of at least 4 members (excludes halogenated alkanes) is 1. The summed E-state index contributed by atoms with van der Waals surface area (Å²) in [6.07, 6.45) is 3.56. The number of amides is 3. The first-order valence-corrected chi connectivity index (χ1v) is 11.6. The molecule has 3 amide bonds. The highest BCUT2D eigenvalue weighted by Gasteiger charge is 2.21. The Morgan fingerprint density at radius 2 is 1.94 bits per heavy atom. The summed E-state index contributed by atoms with van der Waals surface area (Å²) in [5, 5.41) is 7.65. The predicted octanol–water partition coefficient (Wildman–Crippen LogP) is 5.17. The van der Waals surface area contributed by atoms with Crippen molar-refractivity contribution in [3.8, 4) is 0 Å². The number of thiophene rings is 1. The van der Waals surface area contributed by atoms with E-state index in [4.69, 9.17) is 4.42 Å². The number of carbonyl (C=O) groups excluding carboxylic acids is 2. The maximum Gasteiger partial charge on any atom is 0.319 e. The predicted molar refractivity (Wildman–Crippen MR) is 129 cm³/mol. The number of nitrogens with zero attached hydrogens (tertiary/aromatic N) is 2. The van der Waals surface area contributed by atoms with E-state index in [1.54, 1.807) is 11.2 Å². The van der Waals surface area contributed by atoms with Gasteiger partial charge in [0.25, 0.3) is 5.91 Å². The van der Waals surface area contributed by atoms with Crippen LogP contribution in [0.2, 0.25) is 0 Å². The molecule has 0 saturated carbocycles. The maximum atomic E-state index is 13.2. The minimum absolute atomic E-state index is 0.0585. The molecule has 0 aliphatic heterocycles. The summed E-state index contributed by atoms with van der Waals surface area (Å²) in [5.41, 5.74) is 2.59. The SMILES string of the molecule is CCCCNC(=O)Nc1ccc(N(C)C)c(CN(Cc2ccco2)C(=O)c2cccs2)c1. The molecule has 8 heteroatoms. The van der Waals surface area contributed by atoms with Gasteiger partial charge in [0.2, 0.25) is 0 Å². The van der Waals surface area contributed by atoms with E-state index in [1.807, 2.05) is 66.8 Å². The van der Waals surface area contributed by atoms with Gasteiger partial charge in [0.05, 0.1) is 17.7 Å². The molecule has 0 aliphatic rings. The normalized spacial score (nSPS) is 10.6. The lowest BCUT2D eigenvalue weighted by Crippen LogP contribution is -2.31. The van der Waals surface area contributed by atoms with Crippen molar-refractivity contribution in [3.63, 3.8) is 0 Å². The van der Waals surface area contributed by atoms with Gasteiger partial charge < -0.3 is 24.9 Å². The molecule has 0 fully saturated rings. The van der Waals surface area contributed by atoms with Crippen molar-refractivity contribution in [1.82, 2.24) is 10.2 Å². The molecular weight excluding hydrogens is 424 g/mol. The molecule has 32 heavy (non-hydrogen) atoms. The first-order chi connectivity index (χ1) is 15.5. The van der Waals surface area contributed by atoms with Crippen molar-refractivity contribution < 1.29 is 14.0 Å². The minimum atomic E-state index is -0.232. The number of furan rings is 1. The fourth-order valence-electron chi connectivity index (χ4n) is 3.33. The van der Waals surface area contributed by atoms with E-state index in [9.17, 15) is 9.59 Å². The van der Waals surface area contributed by atoms with Crippen LogP contribution in [0.3, 0.4) is 0 Å². The molecule has 0 spiro atoms. The van der Waals surface area contributed by atoms with Crippen molar-refractivity contribution in [3.05, 3.63) is 70.3 Å². The molecule has 2 aromatic heterocycles. The molecule has 0 aliphatic carbocycles. The van der Waals surface area contributed by atoms with E-state index < -0.39 is 0 Å². The molecule has 3 aromatic rings. The Balaban J connectivity index is 1.84. The third-order valence-electron chi connectivity index (χ3n) is 4.94. The summed E-state index contributed by atoms with van der Waals surface area (Å²) < 4.78 is 5.50. The quantitative estimate of drug-likeness (QED) is 0.414. The van der Waals surface area contributed by atoms with Crippen LogP contribution in [0.15, 0.2) is 58.5 Å². The number of anilines is 2. The number of benzene rings is 1. The average molecular weight is 455 g/mol. The molecule has 7 nitrogen and oxygen atoms in total. The van der Waals surface area contributed by atoms with Gasteiger partial charge in [0, 0.05) is 38.6 Å². The van der Waals surface area contributed by atoms with Crippen LogP contribution in [0.1, 0.15) is 40.8 Å². The van der Waals surface area contributed by atoms with Gasteiger partial charge in [0.15, 0.2) is 0 Å². The first kappa shape index (κ1) is 23.4. The molecule has 0 bridgehead atoms. The second-order valence-electron chi connectivity index (χ2n) is 7.69. The smallest absolute Gasteiger partial charge is 0.319 e. The topological polar surface area (TPSA) is 77.8 Å². The third-order valence-corrected chi connectivity index (χ3v) is 5.80. The zero-order valence-corrected chi connectivity index (χ0v) is 19.6. The summed E-state index contributed by atoms with van der Waals surface area (Å²) in [6, 6.07) is 12.9. The second-order valence-corrected chi connectivity index (χ2v) is 8.64. The van der Waals surface area contributed by atoms with Crippen LogP contribution in [-0.4, -0.2) is 37.5 Å². The standard InChI is InChI=1S/C24H30N4O3S/c1-4-5-12-25-24(30)26-19-10-11-21(27(2)3)18(15-19)16-28(17-20-8-6-13-31-20)23(29)22-9-7-14-32-22/h6-11,13-15H,4-5,12,16-17H2,1-3H3,(H2,25,26,30). The molecule has 2 N–H and O–H groups in total. The lowest BCUT2D eigenvalue weighted by molar-refractivity contribution is 0.0723. The first-order valence-electron chi connectivity index (χ1n) is 10.7. The van der Waals surface area contributed by atoms with Gasteiger partial charge in [-0.25, -0.2) is 4.79 Å². The third kappa shape index (κ3) is 6.37. The van der Waals surface area contributed by atoms with Crippen LogP contribution < -0.4 is 15.5 Å². The Hall–Kier alpha value is -3.26. The Kier molecular flexibility index (Phi) is 8.33. The van der Waals surface area contributed by atoms with Crippen LogP contribution in [0.5, 0.6) is 0 Å². The Bertz CT molecular complexity index is 1000. The second kappa shape index (κ2) is 11.4. The Morgan fingerprint density at radius 1 is 1.09 bits per heavy atom. The molecule has 0 saturated heterocycles. The summed E-state index contributed by atoms with van der Waals surface area (Å²) in [5.74, 6) is 0.655. The van der Waals surface area contributed by atoms with Gasteiger partial charge in [-0.05, 0) is 53.8 Å². The van der Waals surface area contributed by atoms with Crippen LogP contribution in [0.25, 0.3) is 0 Å². The molecule has 2 heterocycles. The van der Waals surface area contributed by atoms with Crippen molar-refractivity contribution in [2.24, 2.45) is 0 Å². The molecule has 0 atom stereocenters. The number of hydrogen-bond donors (Lipinski definition) is 2. The molecule has 3 rings (SSSR count). The fourth-order valence-corrected chi connectivity index (χ4v) is 4.02. The minimum Gasteiger partial charge on any atom is -0.467 e. The van der Waals surface area contributed by atoms with E-state index in [-0.39, 0.29) is 11.9 Å². The van der Waals surface area contributed by atoms with Crippen LogP contribution in [0, 0.1) is 0 Å². The largest absolute Gasteiger partial charge is 0.467 e. The van der Waals surface area contributed by atoms with Gasteiger partial charge in [-0.3, -0.25) is 4.79 Å². The van der Waals surface area contributed by atoms with Gasteiger partial charge in [0.1, 0.15) is 5.76 Å².